The predicted octanol–water partition coefficient (Wildman–Crippen LogP) is 5.51. The summed E-state index contributed by atoms with van der Waals surface area (Å²) in [4.78, 5) is 19.5. The molecule has 7 nitrogen and oxygen atoms in total. The number of anilines is 1. The van der Waals surface area contributed by atoms with Crippen LogP contribution in [0.5, 0.6) is 0 Å². The number of halogens is 5. The van der Waals surface area contributed by atoms with Crippen molar-refractivity contribution in [2.24, 2.45) is 11.1 Å². The molecule has 0 spiro atoms. The van der Waals surface area contributed by atoms with Gasteiger partial charge in [0.2, 0.25) is 0 Å². The fourth-order valence-corrected chi connectivity index (χ4v) is 4.54. The van der Waals surface area contributed by atoms with Crippen LogP contribution in [-0.4, -0.2) is 51.9 Å². The van der Waals surface area contributed by atoms with Gasteiger partial charge in [-0.05, 0) is 13.3 Å². The highest BCUT2D eigenvalue weighted by Crippen LogP contribution is 2.44. The molecule has 2 saturated heterocycles. The molecule has 2 fully saturated rings. The van der Waals surface area contributed by atoms with E-state index in [1.807, 2.05) is 6.92 Å². The lowest BCUT2D eigenvalue weighted by Crippen LogP contribution is -2.55. The third-order valence-corrected chi connectivity index (χ3v) is 6.62. The summed E-state index contributed by atoms with van der Waals surface area (Å²) in [5.74, 6) is -6.57. The Morgan fingerprint density at radius 3 is 2.47 bits per heavy atom. The minimum atomic E-state index is -3.02. The van der Waals surface area contributed by atoms with E-state index in [2.05, 4.69) is 10.1 Å². The molecule has 2 atom stereocenters. The highest BCUT2D eigenvalue weighted by atomic mass is 32.2. The van der Waals surface area contributed by atoms with Crippen LogP contribution >= 0.6 is 11.9 Å². The van der Waals surface area contributed by atoms with Crippen LogP contribution in [0.25, 0.3) is 22.2 Å². The summed E-state index contributed by atoms with van der Waals surface area (Å²) in [5.41, 5.74) is -0.383. The van der Waals surface area contributed by atoms with Crippen molar-refractivity contribution in [3.63, 3.8) is 0 Å². The zero-order valence-corrected chi connectivity index (χ0v) is 20.5. The molecule has 1 aromatic carbocycles. The summed E-state index contributed by atoms with van der Waals surface area (Å²) in [7, 11) is 0. The van der Waals surface area contributed by atoms with E-state index >= 15 is 0 Å². The number of nitrogens with two attached hydrogens (primary N) is 1. The van der Waals surface area contributed by atoms with E-state index in [-0.39, 0.29) is 42.0 Å². The molecule has 36 heavy (non-hydrogen) atoms. The fraction of sp³-hybridized carbons (Fsp3) is 0.435. The molecular weight excluding hydrogens is 505 g/mol. The number of alkyl halides is 2. The number of benzene rings is 1. The van der Waals surface area contributed by atoms with Gasteiger partial charge < -0.3 is 9.42 Å². The van der Waals surface area contributed by atoms with E-state index in [0.29, 0.717) is 17.8 Å². The summed E-state index contributed by atoms with van der Waals surface area (Å²) in [6.45, 7) is 4.74. The summed E-state index contributed by atoms with van der Waals surface area (Å²) in [6, 6.07) is 0.577. The molecule has 13 heteroatoms. The standard InChI is InChI=1S/C21H17F5N4O2.C2H7NS/c1-9-8-30-15(21(9,25)26)3-4-29(20(30)31)19-17-14(32-28-19)5-10(2)27-18(17)16-12(23)6-11(22)7-13(16)24;1-2-4-3/h5-7,9,15H,3-4,8H2,1-2H3;2-3H2,1H3/t9?,15-;/m1./s1. The predicted molar refractivity (Wildman–Crippen MR) is 126 cm³/mol. The van der Waals surface area contributed by atoms with Crippen LogP contribution in [-0.2, 0) is 0 Å². The van der Waals surface area contributed by atoms with E-state index in [4.69, 9.17) is 9.66 Å². The number of amides is 2. The van der Waals surface area contributed by atoms with Crippen molar-refractivity contribution in [2.45, 2.75) is 39.2 Å². The lowest BCUT2D eigenvalue weighted by Gasteiger charge is -2.37. The molecule has 0 bridgehead atoms. The lowest BCUT2D eigenvalue weighted by atomic mass is 9.99. The minimum absolute atomic E-state index is 0.0225. The van der Waals surface area contributed by atoms with Gasteiger partial charge in [0.1, 0.15) is 17.5 Å². The fourth-order valence-electron chi connectivity index (χ4n) is 4.54. The highest BCUT2D eigenvalue weighted by molar-refractivity contribution is 7.97. The van der Waals surface area contributed by atoms with Crippen LogP contribution in [0.3, 0.4) is 0 Å². The molecule has 2 amide bonds. The molecule has 1 unspecified atom stereocenters. The Hall–Kier alpha value is -2.93. The van der Waals surface area contributed by atoms with Gasteiger partial charge in [-0.25, -0.2) is 26.7 Å². The SMILES string of the molecule is CCSN.Cc1cc2onc(N3CC[C@H]4N(CC(C)C4(F)F)C3=O)c2c(-c2c(F)cc(F)cc2F)n1. The minimum Gasteiger partial charge on any atom is -0.354 e. The first-order valence-corrected chi connectivity index (χ1v) is 12.3. The number of nitrogens with zero attached hydrogens (tertiary/aromatic N) is 4. The van der Waals surface area contributed by atoms with Crippen molar-refractivity contribution < 1.29 is 31.3 Å². The zero-order chi connectivity index (χ0) is 26.4. The Kier molecular flexibility index (Phi) is 7.15. The molecule has 0 aliphatic carbocycles. The number of carbonyl (C=O) groups is 1. The number of urea groups is 1. The van der Waals surface area contributed by atoms with Crippen LogP contribution < -0.4 is 10.0 Å². The first-order valence-electron chi connectivity index (χ1n) is 11.2. The van der Waals surface area contributed by atoms with E-state index in [1.54, 1.807) is 6.92 Å². The first-order chi connectivity index (χ1) is 17.0. The highest BCUT2D eigenvalue weighted by Gasteiger charge is 2.58. The van der Waals surface area contributed by atoms with Crippen molar-refractivity contribution in [1.82, 2.24) is 15.0 Å². The maximum Gasteiger partial charge on any atom is 0.326 e. The van der Waals surface area contributed by atoms with E-state index in [1.165, 1.54) is 24.9 Å². The Labute approximate surface area is 207 Å². The van der Waals surface area contributed by atoms with Gasteiger partial charge in [-0.2, -0.15) is 0 Å². The van der Waals surface area contributed by atoms with Gasteiger partial charge in [0, 0.05) is 48.7 Å². The van der Waals surface area contributed by atoms with E-state index in [9.17, 15) is 26.7 Å². The molecule has 2 aromatic heterocycles. The molecule has 2 N–H and O–H groups in total. The van der Waals surface area contributed by atoms with Gasteiger partial charge in [0.25, 0.3) is 5.92 Å². The molecule has 194 valence electrons. The number of aryl methyl sites for hydroxylation is 1. The molecule has 0 radical (unpaired) electrons. The molecule has 3 aromatic rings. The second-order valence-corrected chi connectivity index (χ2v) is 9.57. The second-order valence-electron chi connectivity index (χ2n) is 8.66. The lowest BCUT2D eigenvalue weighted by molar-refractivity contribution is -0.0585. The van der Waals surface area contributed by atoms with Gasteiger partial charge >= 0.3 is 6.03 Å². The average Bonchev–Trinajstić information content (AvgIpc) is 3.32. The monoisotopic (exact) mass is 529 g/mol. The Morgan fingerprint density at radius 2 is 1.86 bits per heavy atom. The van der Waals surface area contributed by atoms with Crippen LogP contribution in [0.4, 0.5) is 32.6 Å². The molecule has 0 saturated carbocycles. The van der Waals surface area contributed by atoms with Crippen molar-refractivity contribution >= 4 is 34.8 Å². The van der Waals surface area contributed by atoms with E-state index < -0.39 is 46.9 Å². The van der Waals surface area contributed by atoms with Gasteiger partial charge in [0.15, 0.2) is 11.4 Å². The number of carbonyl (C=O) groups excluding carboxylic acids is 1. The molecular formula is C23H24F5N5O2S. The smallest absolute Gasteiger partial charge is 0.326 e. The van der Waals surface area contributed by atoms with E-state index in [0.717, 1.165) is 15.6 Å². The van der Waals surface area contributed by atoms with Crippen LogP contribution in [0.15, 0.2) is 22.7 Å². The number of pyridine rings is 1. The van der Waals surface area contributed by atoms with Crippen LogP contribution in [0, 0.1) is 30.3 Å². The number of hydrogen-bond donors (Lipinski definition) is 1. The molecule has 5 rings (SSSR count). The normalized spacial score (nSPS) is 21.0. The largest absolute Gasteiger partial charge is 0.354 e. The first kappa shape index (κ1) is 26.1. The quantitative estimate of drug-likeness (QED) is 0.355. The summed E-state index contributed by atoms with van der Waals surface area (Å²) < 4.78 is 76.8. The van der Waals surface area contributed by atoms with Crippen molar-refractivity contribution in [3.05, 3.63) is 41.3 Å². The van der Waals surface area contributed by atoms with Crippen LogP contribution in [0.1, 0.15) is 26.0 Å². The van der Waals surface area contributed by atoms with Crippen molar-refractivity contribution in [2.75, 3.05) is 23.7 Å². The Bertz CT molecular complexity index is 1280. The number of fused-ring (bicyclic) bond motifs is 2. The molecule has 2 aliphatic rings. The van der Waals surface area contributed by atoms with Crippen molar-refractivity contribution in [3.8, 4) is 11.3 Å². The van der Waals surface area contributed by atoms with Gasteiger partial charge in [-0.1, -0.05) is 31.0 Å². The Balaban J connectivity index is 0.000000709. The van der Waals surface area contributed by atoms with Gasteiger partial charge in [0.05, 0.1) is 22.7 Å². The Morgan fingerprint density at radius 1 is 1.22 bits per heavy atom. The third-order valence-electron chi connectivity index (χ3n) is 6.28. The number of hydrogen-bond acceptors (Lipinski definition) is 6. The summed E-state index contributed by atoms with van der Waals surface area (Å²) in [6.07, 6.45) is -0.0225. The topological polar surface area (TPSA) is 88.5 Å². The maximum absolute atomic E-state index is 14.6. The van der Waals surface area contributed by atoms with Crippen LogP contribution in [0.2, 0.25) is 0 Å². The average molecular weight is 530 g/mol. The van der Waals surface area contributed by atoms with Gasteiger partial charge in [-0.15, -0.1) is 0 Å². The number of rotatable bonds is 3. The maximum atomic E-state index is 14.6. The van der Waals surface area contributed by atoms with Crippen molar-refractivity contribution in [1.29, 1.82) is 0 Å². The summed E-state index contributed by atoms with van der Waals surface area (Å²) >= 11 is 1.36. The second kappa shape index (κ2) is 9.85. The number of aromatic nitrogens is 2. The summed E-state index contributed by atoms with van der Waals surface area (Å²) in [5, 5.41) is 8.88. The third kappa shape index (κ3) is 4.38. The zero-order valence-electron chi connectivity index (χ0n) is 19.7. The molecule has 2 aliphatic heterocycles. The van der Waals surface area contributed by atoms with Gasteiger partial charge in [-0.3, -0.25) is 15.0 Å². The molecule has 4 heterocycles.